The van der Waals surface area contributed by atoms with Crippen molar-refractivity contribution in [3.63, 3.8) is 0 Å². The maximum atomic E-state index is 12.5. The molecule has 1 heterocycles. The first-order valence-electron chi connectivity index (χ1n) is 15.0. The highest BCUT2D eigenvalue weighted by atomic mass is 16.3. The van der Waals surface area contributed by atoms with E-state index in [4.69, 9.17) is 0 Å². The van der Waals surface area contributed by atoms with E-state index in [-0.39, 0.29) is 12.0 Å². The van der Waals surface area contributed by atoms with Crippen LogP contribution in [-0.2, 0) is 4.79 Å². The number of carbonyl (C=O) groups excluding carboxylic acids is 1. The van der Waals surface area contributed by atoms with Crippen LogP contribution < -0.4 is 5.32 Å². The minimum atomic E-state index is -0.0439. The summed E-state index contributed by atoms with van der Waals surface area (Å²) in [6.45, 7) is 11.9. The zero-order valence-corrected chi connectivity index (χ0v) is 22.4. The lowest BCUT2D eigenvalue weighted by Gasteiger charge is -2.61. The summed E-state index contributed by atoms with van der Waals surface area (Å²) in [6.07, 6.45) is 16.0. The maximum absolute atomic E-state index is 12.5. The molecule has 5 unspecified atom stereocenters. The van der Waals surface area contributed by atoms with Gasteiger partial charge in [-0.1, -0.05) is 20.8 Å². The summed E-state index contributed by atoms with van der Waals surface area (Å²) in [5, 5.41) is 13.5. The van der Waals surface area contributed by atoms with Gasteiger partial charge in [0, 0.05) is 19.5 Å². The van der Waals surface area contributed by atoms with E-state index in [2.05, 4.69) is 31.0 Å². The molecule has 34 heavy (non-hydrogen) atoms. The second-order valence-corrected chi connectivity index (χ2v) is 13.7. The molecule has 5 aliphatic rings. The highest BCUT2D eigenvalue weighted by Gasteiger charge is 2.60. The number of fused-ring (bicyclic) bond motifs is 5. The van der Waals surface area contributed by atoms with Crippen LogP contribution in [0.4, 0.5) is 0 Å². The summed E-state index contributed by atoms with van der Waals surface area (Å²) >= 11 is 0. The zero-order valence-electron chi connectivity index (χ0n) is 22.4. The minimum absolute atomic E-state index is 0.0439. The molecule has 0 bridgehead atoms. The quantitative estimate of drug-likeness (QED) is 0.504. The SMILES string of the molecule is CC(CCC(=O)NCCN1CCCC1)[C@H]1CCC2C3CCC4C[C@H](O)CC[C@]4(C)C3CC[C@@]21C. The lowest BCUT2D eigenvalue weighted by Crippen LogP contribution is -2.54. The molecule has 4 heteroatoms. The molecule has 4 nitrogen and oxygen atoms in total. The van der Waals surface area contributed by atoms with Gasteiger partial charge >= 0.3 is 0 Å². The van der Waals surface area contributed by atoms with E-state index in [1.54, 1.807) is 0 Å². The Morgan fingerprint density at radius 2 is 1.74 bits per heavy atom. The number of rotatable bonds is 7. The number of amides is 1. The Morgan fingerprint density at radius 1 is 1.00 bits per heavy atom. The van der Waals surface area contributed by atoms with Crippen LogP contribution in [0.1, 0.15) is 104 Å². The van der Waals surface area contributed by atoms with E-state index < -0.39 is 0 Å². The molecule has 0 radical (unpaired) electrons. The zero-order chi connectivity index (χ0) is 23.9. The number of nitrogens with one attached hydrogen (secondary N) is 1. The third-order valence-corrected chi connectivity index (χ3v) is 12.2. The Balaban J connectivity index is 1.14. The monoisotopic (exact) mass is 472 g/mol. The summed E-state index contributed by atoms with van der Waals surface area (Å²) < 4.78 is 0. The summed E-state index contributed by atoms with van der Waals surface area (Å²) in [7, 11) is 0. The van der Waals surface area contributed by atoms with E-state index in [1.807, 2.05) is 0 Å². The first-order chi connectivity index (χ1) is 16.3. The van der Waals surface area contributed by atoms with Crippen molar-refractivity contribution in [2.45, 2.75) is 110 Å². The molecular formula is C30H52N2O2. The molecule has 1 amide bonds. The van der Waals surface area contributed by atoms with Crippen LogP contribution in [0.5, 0.6) is 0 Å². The molecule has 5 rings (SSSR count). The van der Waals surface area contributed by atoms with Gasteiger partial charge in [0.2, 0.25) is 5.91 Å². The number of likely N-dealkylation sites (tertiary alicyclic amines) is 1. The number of hydrogen-bond donors (Lipinski definition) is 2. The number of aliphatic hydroxyl groups is 1. The van der Waals surface area contributed by atoms with Crippen molar-refractivity contribution in [3.8, 4) is 0 Å². The molecule has 0 aromatic carbocycles. The van der Waals surface area contributed by atoms with Crippen molar-refractivity contribution in [1.29, 1.82) is 0 Å². The molecule has 1 saturated heterocycles. The van der Waals surface area contributed by atoms with Gasteiger partial charge in [-0.05, 0) is 136 Å². The second kappa shape index (κ2) is 10.0. The van der Waals surface area contributed by atoms with Gasteiger partial charge in [0.15, 0.2) is 0 Å². The maximum Gasteiger partial charge on any atom is 0.220 e. The van der Waals surface area contributed by atoms with Crippen LogP contribution in [0.2, 0.25) is 0 Å². The number of aliphatic hydroxyl groups excluding tert-OH is 1. The highest BCUT2D eigenvalue weighted by Crippen LogP contribution is 2.68. The van der Waals surface area contributed by atoms with Gasteiger partial charge in [0.05, 0.1) is 6.10 Å². The Hall–Kier alpha value is -0.610. The first-order valence-corrected chi connectivity index (χ1v) is 15.0. The van der Waals surface area contributed by atoms with Crippen molar-refractivity contribution < 1.29 is 9.90 Å². The van der Waals surface area contributed by atoms with Crippen molar-refractivity contribution in [2.75, 3.05) is 26.2 Å². The third kappa shape index (κ3) is 4.60. The van der Waals surface area contributed by atoms with Crippen LogP contribution in [0.3, 0.4) is 0 Å². The fraction of sp³-hybridized carbons (Fsp3) is 0.967. The van der Waals surface area contributed by atoms with Gasteiger partial charge in [-0.3, -0.25) is 4.79 Å². The van der Waals surface area contributed by atoms with Crippen molar-refractivity contribution in [3.05, 3.63) is 0 Å². The first kappa shape index (κ1) is 25.1. The number of nitrogens with zero attached hydrogens (tertiary/aromatic N) is 1. The van der Waals surface area contributed by atoms with Gasteiger partial charge in [-0.25, -0.2) is 0 Å². The van der Waals surface area contributed by atoms with Gasteiger partial charge < -0.3 is 15.3 Å². The molecule has 0 spiro atoms. The van der Waals surface area contributed by atoms with Crippen molar-refractivity contribution in [2.24, 2.45) is 46.3 Å². The molecular weight excluding hydrogens is 420 g/mol. The number of hydrogen-bond acceptors (Lipinski definition) is 3. The molecule has 9 atom stereocenters. The summed E-state index contributed by atoms with van der Waals surface area (Å²) in [6, 6.07) is 0. The molecule has 4 saturated carbocycles. The van der Waals surface area contributed by atoms with E-state index >= 15 is 0 Å². The smallest absolute Gasteiger partial charge is 0.220 e. The Morgan fingerprint density at radius 3 is 2.53 bits per heavy atom. The van der Waals surface area contributed by atoms with E-state index in [9.17, 15) is 9.90 Å². The van der Waals surface area contributed by atoms with Crippen molar-refractivity contribution in [1.82, 2.24) is 10.2 Å². The highest BCUT2D eigenvalue weighted by molar-refractivity contribution is 5.75. The fourth-order valence-corrected chi connectivity index (χ4v) is 10.2. The predicted octanol–water partition coefficient (Wildman–Crippen LogP) is 5.63. The molecule has 4 aliphatic carbocycles. The minimum Gasteiger partial charge on any atom is -0.393 e. The molecule has 194 valence electrons. The standard InChI is InChI=1S/C30H52N2O2/c1-21(6-11-28(34)31-16-19-32-17-4-5-18-32)25-9-10-26-24-8-7-22-20-23(33)12-14-29(22,2)27(24)13-15-30(25,26)3/h21-27,33H,4-20H2,1-3H3,(H,31,34)/t21?,22?,23-,24?,25-,26?,27?,29+,30-/m1/s1. The van der Waals surface area contributed by atoms with E-state index in [1.165, 1.54) is 70.9 Å². The van der Waals surface area contributed by atoms with Crippen LogP contribution >= 0.6 is 0 Å². The van der Waals surface area contributed by atoms with Crippen LogP contribution in [0.15, 0.2) is 0 Å². The summed E-state index contributed by atoms with van der Waals surface area (Å²) in [5.74, 6) is 5.12. The molecule has 1 aliphatic heterocycles. The van der Waals surface area contributed by atoms with Crippen LogP contribution in [0.25, 0.3) is 0 Å². The van der Waals surface area contributed by atoms with Gasteiger partial charge in [-0.15, -0.1) is 0 Å². The summed E-state index contributed by atoms with van der Waals surface area (Å²) in [5.41, 5.74) is 0.949. The Bertz CT molecular complexity index is 721. The predicted molar refractivity (Wildman–Crippen MR) is 138 cm³/mol. The van der Waals surface area contributed by atoms with Crippen LogP contribution in [-0.4, -0.2) is 48.2 Å². The van der Waals surface area contributed by atoms with E-state index in [0.29, 0.717) is 23.2 Å². The molecule has 0 aromatic heterocycles. The fourth-order valence-electron chi connectivity index (χ4n) is 10.2. The van der Waals surface area contributed by atoms with Crippen molar-refractivity contribution >= 4 is 5.91 Å². The average Bonchev–Trinajstić information content (AvgIpc) is 3.45. The van der Waals surface area contributed by atoms with E-state index in [0.717, 1.165) is 61.9 Å². The average molecular weight is 473 g/mol. The second-order valence-electron chi connectivity index (χ2n) is 13.7. The molecule has 0 aromatic rings. The largest absolute Gasteiger partial charge is 0.393 e. The summed E-state index contributed by atoms with van der Waals surface area (Å²) in [4.78, 5) is 15.0. The normalized spacial score (nSPS) is 45.3. The third-order valence-electron chi connectivity index (χ3n) is 12.2. The Kier molecular flexibility index (Phi) is 7.40. The van der Waals surface area contributed by atoms with Gasteiger partial charge in [0.1, 0.15) is 0 Å². The Labute approximate surface area is 209 Å². The lowest BCUT2D eigenvalue weighted by molar-refractivity contribution is -0.129. The van der Waals surface area contributed by atoms with Gasteiger partial charge in [-0.2, -0.15) is 0 Å². The lowest BCUT2D eigenvalue weighted by atomic mass is 9.44. The van der Waals surface area contributed by atoms with Crippen LogP contribution in [0, 0.1) is 46.3 Å². The topological polar surface area (TPSA) is 52.6 Å². The van der Waals surface area contributed by atoms with Gasteiger partial charge in [0.25, 0.3) is 0 Å². The molecule has 5 fully saturated rings. The molecule has 2 N–H and O–H groups in total. The number of carbonyl (C=O) groups is 1.